The Kier molecular flexibility index (Phi) is 4.21. The number of halogens is 2. The van der Waals surface area contributed by atoms with E-state index in [0.29, 0.717) is 30.7 Å². The number of likely N-dealkylation sites (tertiary alicyclic amines) is 1. The van der Waals surface area contributed by atoms with Gasteiger partial charge in [0.2, 0.25) is 11.8 Å². The maximum Gasteiger partial charge on any atom is 0.247 e. The van der Waals surface area contributed by atoms with Crippen molar-refractivity contribution in [2.24, 2.45) is 23.2 Å². The maximum atomic E-state index is 13.9. The molecular formula is C22H26F2N2O2. The molecule has 1 atom stereocenters. The summed E-state index contributed by atoms with van der Waals surface area (Å²) in [4.78, 5) is 28.2. The van der Waals surface area contributed by atoms with Crippen LogP contribution >= 0.6 is 0 Å². The summed E-state index contributed by atoms with van der Waals surface area (Å²) in [6, 6.07) is 2.53. The molecule has 1 saturated heterocycles. The minimum Gasteiger partial charge on any atom is -0.330 e. The molecule has 1 heterocycles. The summed E-state index contributed by atoms with van der Waals surface area (Å²) < 4.78 is 27.0. The lowest BCUT2D eigenvalue weighted by Crippen LogP contribution is -2.56. The van der Waals surface area contributed by atoms with E-state index in [1.807, 2.05) is 0 Å². The van der Waals surface area contributed by atoms with Crippen LogP contribution in [0.1, 0.15) is 51.4 Å². The van der Waals surface area contributed by atoms with E-state index in [-0.39, 0.29) is 22.9 Å². The molecule has 0 unspecified atom stereocenters. The number of hydrogen-bond acceptors (Lipinski definition) is 2. The van der Waals surface area contributed by atoms with Gasteiger partial charge in [0, 0.05) is 12.6 Å². The monoisotopic (exact) mass is 388 g/mol. The maximum absolute atomic E-state index is 13.9. The molecule has 6 rings (SSSR count). The molecule has 6 heteroatoms. The summed E-state index contributed by atoms with van der Waals surface area (Å²) in [6.45, 7) is 0.588. The van der Waals surface area contributed by atoms with Crippen LogP contribution in [0.25, 0.3) is 0 Å². The summed E-state index contributed by atoms with van der Waals surface area (Å²) in [5.41, 5.74) is -0.320. The molecule has 5 aliphatic rings. The minimum atomic E-state index is -0.801. The zero-order chi connectivity index (χ0) is 19.5. The molecule has 1 aromatic carbocycles. The highest BCUT2D eigenvalue weighted by atomic mass is 19.1. The van der Waals surface area contributed by atoms with E-state index < -0.39 is 17.7 Å². The fourth-order valence-corrected chi connectivity index (χ4v) is 6.77. The van der Waals surface area contributed by atoms with Gasteiger partial charge in [-0.05, 0) is 81.3 Å². The largest absolute Gasteiger partial charge is 0.330 e. The van der Waals surface area contributed by atoms with Crippen LogP contribution in [-0.2, 0) is 9.59 Å². The average molecular weight is 388 g/mol. The Labute approximate surface area is 163 Å². The van der Waals surface area contributed by atoms with E-state index >= 15 is 0 Å². The number of carbonyl (C=O) groups is 2. The number of nitrogens with zero attached hydrogens (tertiary/aromatic N) is 1. The fraction of sp³-hybridized carbons (Fsp3) is 0.636. The van der Waals surface area contributed by atoms with Crippen molar-refractivity contribution in [1.82, 2.24) is 4.90 Å². The number of anilines is 1. The van der Waals surface area contributed by atoms with Crippen molar-refractivity contribution >= 4 is 17.5 Å². The first-order chi connectivity index (χ1) is 13.4. The number of amides is 2. The van der Waals surface area contributed by atoms with Gasteiger partial charge in [0.1, 0.15) is 17.7 Å². The van der Waals surface area contributed by atoms with Crippen LogP contribution in [0.4, 0.5) is 14.5 Å². The molecule has 5 fully saturated rings. The third-order valence-corrected chi connectivity index (χ3v) is 7.50. The molecule has 1 aromatic rings. The molecule has 2 amide bonds. The molecule has 28 heavy (non-hydrogen) atoms. The van der Waals surface area contributed by atoms with E-state index in [9.17, 15) is 18.4 Å². The van der Waals surface area contributed by atoms with E-state index in [2.05, 4.69) is 5.32 Å². The topological polar surface area (TPSA) is 49.4 Å². The van der Waals surface area contributed by atoms with Crippen LogP contribution in [-0.4, -0.2) is 29.3 Å². The molecule has 150 valence electrons. The van der Waals surface area contributed by atoms with E-state index in [0.717, 1.165) is 37.8 Å². The molecule has 1 N–H and O–H groups in total. The average Bonchev–Trinajstić information content (AvgIpc) is 3.12. The Morgan fingerprint density at radius 2 is 1.68 bits per heavy atom. The van der Waals surface area contributed by atoms with Crippen LogP contribution < -0.4 is 5.32 Å². The van der Waals surface area contributed by atoms with Gasteiger partial charge in [-0.15, -0.1) is 0 Å². The van der Waals surface area contributed by atoms with Gasteiger partial charge < -0.3 is 10.2 Å². The van der Waals surface area contributed by atoms with Crippen molar-refractivity contribution in [3.63, 3.8) is 0 Å². The predicted molar refractivity (Wildman–Crippen MR) is 100 cm³/mol. The molecule has 4 saturated carbocycles. The SMILES string of the molecule is O=C(Nc1ccc(F)cc1F)[C@H]1CCCN1C(=O)C12CC3CC(CC(C3)C1)C2. The Morgan fingerprint density at radius 3 is 2.29 bits per heavy atom. The number of nitrogens with one attached hydrogen (secondary N) is 1. The van der Waals surface area contributed by atoms with Crippen molar-refractivity contribution in [3.05, 3.63) is 29.8 Å². The standard InChI is InChI=1S/C22H26F2N2O2/c23-16-3-4-18(17(24)9-16)25-20(27)19-2-1-5-26(19)21(28)22-10-13-6-14(11-22)8-15(7-13)12-22/h3-4,9,13-15,19H,1-2,5-8,10-12H2,(H,25,27)/t13?,14?,15?,19-,22?/m1/s1. The Morgan fingerprint density at radius 1 is 1.04 bits per heavy atom. The van der Waals surface area contributed by atoms with Crippen LogP contribution in [0.3, 0.4) is 0 Å². The number of rotatable bonds is 3. The van der Waals surface area contributed by atoms with E-state index in [1.54, 1.807) is 4.90 Å². The Bertz CT molecular complexity index is 789. The lowest BCUT2D eigenvalue weighted by Gasteiger charge is -2.56. The number of benzene rings is 1. The van der Waals surface area contributed by atoms with E-state index in [1.165, 1.54) is 25.3 Å². The highest BCUT2D eigenvalue weighted by Crippen LogP contribution is 2.60. The summed E-state index contributed by atoms with van der Waals surface area (Å²) >= 11 is 0. The molecule has 0 spiro atoms. The second kappa shape index (κ2) is 6.53. The highest BCUT2D eigenvalue weighted by Gasteiger charge is 2.56. The van der Waals surface area contributed by atoms with Gasteiger partial charge in [-0.3, -0.25) is 9.59 Å². The second-order valence-electron chi connectivity index (χ2n) is 9.47. The van der Waals surface area contributed by atoms with Crippen molar-refractivity contribution in [1.29, 1.82) is 0 Å². The molecule has 4 nitrogen and oxygen atoms in total. The highest BCUT2D eigenvalue weighted by molar-refractivity contribution is 5.98. The van der Waals surface area contributed by atoms with Crippen molar-refractivity contribution in [3.8, 4) is 0 Å². The predicted octanol–water partition coefficient (Wildman–Crippen LogP) is 4.11. The van der Waals surface area contributed by atoms with Crippen LogP contribution in [0.5, 0.6) is 0 Å². The summed E-state index contributed by atoms with van der Waals surface area (Å²) in [5.74, 6) is 0.278. The molecule has 4 bridgehead atoms. The zero-order valence-electron chi connectivity index (χ0n) is 15.9. The summed E-state index contributed by atoms with van der Waals surface area (Å²) in [5, 5.41) is 2.56. The molecule has 1 aliphatic heterocycles. The molecule has 4 aliphatic carbocycles. The quantitative estimate of drug-likeness (QED) is 0.847. The molecule has 0 radical (unpaired) electrons. The third kappa shape index (κ3) is 2.92. The van der Waals surface area contributed by atoms with Gasteiger partial charge in [0.25, 0.3) is 0 Å². The second-order valence-corrected chi connectivity index (χ2v) is 9.47. The van der Waals surface area contributed by atoms with Crippen molar-refractivity contribution in [2.45, 2.75) is 57.4 Å². The lowest BCUT2D eigenvalue weighted by molar-refractivity contribution is -0.160. The Hall–Kier alpha value is -1.98. The Balaban J connectivity index is 1.34. The van der Waals surface area contributed by atoms with Crippen LogP contribution in [0, 0.1) is 34.8 Å². The van der Waals surface area contributed by atoms with Gasteiger partial charge in [0.05, 0.1) is 11.1 Å². The van der Waals surface area contributed by atoms with E-state index in [4.69, 9.17) is 0 Å². The molecular weight excluding hydrogens is 362 g/mol. The summed E-state index contributed by atoms with van der Waals surface area (Å²) in [6.07, 6.45) is 8.06. The number of hydrogen-bond donors (Lipinski definition) is 1. The minimum absolute atomic E-state index is 0.0412. The fourth-order valence-electron chi connectivity index (χ4n) is 6.77. The lowest BCUT2D eigenvalue weighted by atomic mass is 9.49. The third-order valence-electron chi connectivity index (χ3n) is 7.50. The van der Waals surface area contributed by atoms with Gasteiger partial charge >= 0.3 is 0 Å². The smallest absolute Gasteiger partial charge is 0.247 e. The van der Waals surface area contributed by atoms with Gasteiger partial charge in [-0.2, -0.15) is 0 Å². The first-order valence-electron chi connectivity index (χ1n) is 10.5. The van der Waals surface area contributed by atoms with Gasteiger partial charge in [-0.25, -0.2) is 8.78 Å². The first-order valence-corrected chi connectivity index (χ1v) is 10.5. The first kappa shape index (κ1) is 18.1. The van der Waals surface area contributed by atoms with Gasteiger partial charge in [0.15, 0.2) is 0 Å². The molecule has 0 aromatic heterocycles. The van der Waals surface area contributed by atoms with Crippen LogP contribution in [0.15, 0.2) is 18.2 Å². The summed E-state index contributed by atoms with van der Waals surface area (Å²) in [7, 11) is 0. The van der Waals surface area contributed by atoms with Crippen molar-refractivity contribution < 1.29 is 18.4 Å². The van der Waals surface area contributed by atoms with Gasteiger partial charge in [-0.1, -0.05) is 0 Å². The number of carbonyl (C=O) groups excluding carboxylic acids is 2. The zero-order valence-corrected chi connectivity index (χ0v) is 15.9. The van der Waals surface area contributed by atoms with Crippen molar-refractivity contribution in [2.75, 3.05) is 11.9 Å². The normalized spacial score (nSPS) is 36.0. The van der Waals surface area contributed by atoms with Crippen LogP contribution in [0.2, 0.25) is 0 Å².